The van der Waals surface area contributed by atoms with Crippen LogP contribution in [0.1, 0.15) is 37.7 Å². The number of aryl methyl sites for hydroxylation is 1. The standard InChI is InChI=1S/C12H16N4O2/c1-12(2,3)18-11(17)16-6-8-9(5-13)14-15(4)10(8)7-16/h6-7H2,1-4H3. The Labute approximate surface area is 106 Å². The molecule has 18 heavy (non-hydrogen) atoms. The molecule has 0 fully saturated rings. The highest BCUT2D eigenvalue weighted by Gasteiger charge is 2.32. The van der Waals surface area contributed by atoms with E-state index in [-0.39, 0.29) is 6.09 Å². The van der Waals surface area contributed by atoms with Gasteiger partial charge in [-0.3, -0.25) is 9.58 Å². The van der Waals surface area contributed by atoms with Crippen LogP contribution in [0.4, 0.5) is 4.79 Å². The zero-order chi connectivity index (χ0) is 13.5. The van der Waals surface area contributed by atoms with E-state index in [1.165, 1.54) is 0 Å². The quantitative estimate of drug-likeness (QED) is 0.698. The summed E-state index contributed by atoms with van der Waals surface area (Å²) < 4.78 is 6.96. The first-order valence-corrected chi connectivity index (χ1v) is 5.74. The van der Waals surface area contributed by atoms with Crippen molar-refractivity contribution in [3.8, 4) is 6.07 Å². The lowest BCUT2D eigenvalue weighted by Gasteiger charge is -2.24. The molecule has 0 spiro atoms. The summed E-state index contributed by atoms with van der Waals surface area (Å²) in [5.74, 6) is 0. The second-order valence-corrected chi connectivity index (χ2v) is 5.35. The maximum absolute atomic E-state index is 11.9. The molecule has 1 aliphatic rings. The fourth-order valence-corrected chi connectivity index (χ4v) is 1.94. The summed E-state index contributed by atoms with van der Waals surface area (Å²) in [6.07, 6.45) is -0.359. The minimum Gasteiger partial charge on any atom is -0.444 e. The molecule has 0 N–H and O–H groups in total. The molecule has 0 atom stereocenters. The minimum absolute atomic E-state index is 0.359. The average molecular weight is 248 g/mol. The number of hydrogen-bond donors (Lipinski definition) is 0. The molecule has 96 valence electrons. The summed E-state index contributed by atoms with van der Waals surface area (Å²) in [5, 5.41) is 13.1. The van der Waals surface area contributed by atoms with Crippen molar-refractivity contribution in [1.29, 1.82) is 5.26 Å². The molecule has 0 saturated heterocycles. The Bertz CT molecular complexity index is 533. The number of aromatic nitrogens is 2. The Kier molecular flexibility index (Phi) is 2.77. The zero-order valence-corrected chi connectivity index (χ0v) is 11.0. The SMILES string of the molecule is Cn1nc(C#N)c2c1CN(C(=O)OC(C)(C)C)C2. The number of hydrogen-bond acceptors (Lipinski definition) is 4. The minimum atomic E-state index is -0.512. The molecule has 6 nitrogen and oxygen atoms in total. The van der Waals surface area contributed by atoms with Crippen LogP contribution < -0.4 is 0 Å². The Morgan fingerprint density at radius 3 is 2.67 bits per heavy atom. The van der Waals surface area contributed by atoms with E-state index in [9.17, 15) is 4.79 Å². The van der Waals surface area contributed by atoms with Crippen molar-refractivity contribution < 1.29 is 9.53 Å². The van der Waals surface area contributed by atoms with Gasteiger partial charge in [-0.25, -0.2) is 4.79 Å². The van der Waals surface area contributed by atoms with Crippen LogP contribution in [0, 0.1) is 11.3 Å². The lowest BCUT2D eigenvalue weighted by Crippen LogP contribution is -2.33. The van der Waals surface area contributed by atoms with Crippen molar-refractivity contribution >= 4 is 6.09 Å². The Morgan fingerprint density at radius 1 is 1.44 bits per heavy atom. The number of fused-ring (bicyclic) bond motifs is 1. The zero-order valence-electron chi connectivity index (χ0n) is 11.0. The third-order valence-electron chi connectivity index (χ3n) is 2.72. The third kappa shape index (κ3) is 2.16. The van der Waals surface area contributed by atoms with Crippen molar-refractivity contribution in [2.24, 2.45) is 7.05 Å². The van der Waals surface area contributed by atoms with Crippen LogP contribution in [-0.2, 0) is 24.9 Å². The van der Waals surface area contributed by atoms with Gasteiger partial charge in [0.25, 0.3) is 0 Å². The lowest BCUT2D eigenvalue weighted by molar-refractivity contribution is 0.0238. The molecule has 2 heterocycles. The maximum atomic E-state index is 11.9. The molecule has 0 radical (unpaired) electrons. The summed E-state index contributed by atoms with van der Waals surface area (Å²) in [5.41, 5.74) is 1.60. The molecule has 2 rings (SSSR count). The number of amides is 1. The monoisotopic (exact) mass is 248 g/mol. The van der Waals surface area contributed by atoms with E-state index in [1.807, 2.05) is 26.8 Å². The van der Waals surface area contributed by atoms with Crippen molar-refractivity contribution in [3.63, 3.8) is 0 Å². The van der Waals surface area contributed by atoms with Crippen LogP contribution in [0.15, 0.2) is 0 Å². The van der Waals surface area contributed by atoms with Gasteiger partial charge in [0.2, 0.25) is 0 Å². The van der Waals surface area contributed by atoms with E-state index in [4.69, 9.17) is 10.00 Å². The molecular formula is C12H16N4O2. The van der Waals surface area contributed by atoms with Crippen molar-refractivity contribution in [1.82, 2.24) is 14.7 Å². The summed E-state index contributed by atoms with van der Waals surface area (Å²) in [6, 6.07) is 2.05. The number of ether oxygens (including phenoxy) is 1. The van der Waals surface area contributed by atoms with Gasteiger partial charge in [0.1, 0.15) is 11.7 Å². The largest absolute Gasteiger partial charge is 0.444 e. The third-order valence-corrected chi connectivity index (χ3v) is 2.72. The number of nitrogens with zero attached hydrogens (tertiary/aromatic N) is 4. The van der Waals surface area contributed by atoms with Crippen molar-refractivity contribution in [3.05, 3.63) is 17.0 Å². The first kappa shape index (κ1) is 12.4. The fraction of sp³-hybridized carbons (Fsp3) is 0.583. The van der Waals surface area contributed by atoms with Crippen LogP contribution in [0.5, 0.6) is 0 Å². The van der Waals surface area contributed by atoms with Crippen LogP contribution in [-0.4, -0.2) is 26.4 Å². The van der Waals surface area contributed by atoms with E-state index in [0.29, 0.717) is 18.8 Å². The van der Waals surface area contributed by atoms with Crippen LogP contribution in [0.25, 0.3) is 0 Å². The van der Waals surface area contributed by atoms with Gasteiger partial charge in [0.05, 0.1) is 18.8 Å². The number of carbonyl (C=O) groups is 1. The highest BCUT2D eigenvalue weighted by Crippen LogP contribution is 2.26. The lowest BCUT2D eigenvalue weighted by atomic mass is 10.2. The number of nitriles is 1. The van der Waals surface area contributed by atoms with Crippen molar-refractivity contribution in [2.45, 2.75) is 39.5 Å². The predicted octanol–water partition coefficient (Wildman–Crippen LogP) is 1.54. The Hall–Kier alpha value is -2.03. The number of carbonyl (C=O) groups excluding carboxylic acids is 1. The number of rotatable bonds is 0. The average Bonchev–Trinajstić information content (AvgIpc) is 2.77. The Morgan fingerprint density at radius 2 is 2.11 bits per heavy atom. The van der Waals surface area contributed by atoms with Gasteiger partial charge in [0, 0.05) is 12.6 Å². The van der Waals surface area contributed by atoms with E-state index < -0.39 is 5.60 Å². The van der Waals surface area contributed by atoms with E-state index in [2.05, 4.69) is 5.10 Å². The normalized spacial score (nSPS) is 14.3. The van der Waals surface area contributed by atoms with Gasteiger partial charge in [-0.2, -0.15) is 10.4 Å². The Balaban J connectivity index is 2.16. The molecule has 0 saturated carbocycles. The highest BCUT2D eigenvalue weighted by molar-refractivity contribution is 5.69. The van der Waals surface area contributed by atoms with E-state index >= 15 is 0 Å². The summed E-state index contributed by atoms with van der Waals surface area (Å²) >= 11 is 0. The van der Waals surface area contributed by atoms with Gasteiger partial charge in [-0.15, -0.1) is 0 Å². The van der Waals surface area contributed by atoms with Crippen LogP contribution in [0.3, 0.4) is 0 Å². The molecule has 1 aromatic rings. The molecule has 6 heteroatoms. The topological polar surface area (TPSA) is 71.2 Å². The van der Waals surface area contributed by atoms with Crippen LogP contribution in [0.2, 0.25) is 0 Å². The van der Waals surface area contributed by atoms with Gasteiger partial charge in [-0.05, 0) is 20.8 Å². The first-order chi connectivity index (χ1) is 8.31. The molecule has 1 aliphatic heterocycles. The van der Waals surface area contributed by atoms with Gasteiger partial charge in [0.15, 0.2) is 5.69 Å². The van der Waals surface area contributed by atoms with E-state index in [1.54, 1.807) is 16.6 Å². The molecule has 1 aromatic heterocycles. The first-order valence-electron chi connectivity index (χ1n) is 5.74. The molecule has 1 amide bonds. The second-order valence-electron chi connectivity index (χ2n) is 5.35. The van der Waals surface area contributed by atoms with Crippen LogP contribution >= 0.6 is 0 Å². The molecule has 0 unspecified atom stereocenters. The molecule has 0 aromatic carbocycles. The van der Waals surface area contributed by atoms with Gasteiger partial charge < -0.3 is 4.74 Å². The molecule has 0 bridgehead atoms. The summed E-state index contributed by atoms with van der Waals surface area (Å²) in [7, 11) is 1.78. The molecule has 0 aliphatic carbocycles. The van der Waals surface area contributed by atoms with E-state index in [0.717, 1.165) is 11.3 Å². The highest BCUT2D eigenvalue weighted by atomic mass is 16.6. The van der Waals surface area contributed by atoms with Gasteiger partial charge >= 0.3 is 6.09 Å². The maximum Gasteiger partial charge on any atom is 0.410 e. The fourth-order valence-electron chi connectivity index (χ4n) is 1.94. The van der Waals surface area contributed by atoms with Gasteiger partial charge in [-0.1, -0.05) is 0 Å². The predicted molar refractivity (Wildman–Crippen MR) is 63.4 cm³/mol. The summed E-state index contributed by atoms with van der Waals surface area (Å²) in [4.78, 5) is 13.5. The smallest absolute Gasteiger partial charge is 0.410 e. The second kappa shape index (κ2) is 4.02. The summed E-state index contributed by atoms with van der Waals surface area (Å²) in [6.45, 7) is 6.32. The molecular weight excluding hydrogens is 232 g/mol. The van der Waals surface area contributed by atoms with Crippen molar-refractivity contribution in [2.75, 3.05) is 0 Å².